The van der Waals surface area contributed by atoms with Crippen molar-refractivity contribution < 1.29 is 17.9 Å². The van der Waals surface area contributed by atoms with Gasteiger partial charge in [0.05, 0.1) is 18.2 Å². The van der Waals surface area contributed by atoms with Gasteiger partial charge in [-0.3, -0.25) is 4.79 Å². The van der Waals surface area contributed by atoms with Crippen molar-refractivity contribution in [1.29, 1.82) is 0 Å². The van der Waals surface area contributed by atoms with Gasteiger partial charge in [-0.25, -0.2) is 12.7 Å². The standard InChI is InChI=1S/C16H24N2O4S/c1-13(12-22-15-8-4-3-5-9-15)17-16(19)14-7-6-10-18(11-14)23(2,20)21/h3-5,8-9,13-14H,6-7,10-12H2,1-2H3,(H,17,19)/t13-,14+/m1/s1. The van der Waals surface area contributed by atoms with Crippen molar-refractivity contribution in [1.82, 2.24) is 9.62 Å². The van der Waals surface area contributed by atoms with Crippen LogP contribution in [-0.2, 0) is 14.8 Å². The van der Waals surface area contributed by atoms with Crippen molar-refractivity contribution in [2.75, 3.05) is 26.0 Å². The highest BCUT2D eigenvalue weighted by Gasteiger charge is 2.30. The molecule has 0 saturated carbocycles. The van der Waals surface area contributed by atoms with Crippen LogP contribution < -0.4 is 10.1 Å². The zero-order valence-corrected chi connectivity index (χ0v) is 14.4. The number of piperidine rings is 1. The molecule has 2 atom stereocenters. The molecule has 1 heterocycles. The first-order valence-electron chi connectivity index (χ1n) is 7.79. The topological polar surface area (TPSA) is 75.7 Å². The summed E-state index contributed by atoms with van der Waals surface area (Å²) in [4.78, 5) is 12.3. The molecular formula is C16H24N2O4S. The third-order valence-corrected chi connectivity index (χ3v) is 5.13. The highest BCUT2D eigenvalue weighted by Crippen LogP contribution is 2.19. The Morgan fingerprint density at radius 2 is 2.09 bits per heavy atom. The lowest BCUT2D eigenvalue weighted by Gasteiger charge is -2.30. The summed E-state index contributed by atoms with van der Waals surface area (Å²) in [6.45, 7) is 3.00. The van der Waals surface area contributed by atoms with Crippen LogP contribution in [0.2, 0.25) is 0 Å². The summed E-state index contributed by atoms with van der Waals surface area (Å²) >= 11 is 0. The number of hydrogen-bond donors (Lipinski definition) is 1. The minimum Gasteiger partial charge on any atom is -0.491 e. The van der Waals surface area contributed by atoms with E-state index in [0.29, 0.717) is 26.0 Å². The summed E-state index contributed by atoms with van der Waals surface area (Å²) in [5.41, 5.74) is 0. The fourth-order valence-corrected chi connectivity index (χ4v) is 3.51. The summed E-state index contributed by atoms with van der Waals surface area (Å²) in [7, 11) is -3.24. The Kier molecular flexibility index (Phi) is 6.01. The Labute approximate surface area is 137 Å². The molecular weight excluding hydrogens is 316 g/mol. The maximum absolute atomic E-state index is 12.3. The molecule has 1 saturated heterocycles. The number of para-hydroxylation sites is 1. The maximum atomic E-state index is 12.3. The van der Waals surface area contributed by atoms with Crippen LogP contribution >= 0.6 is 0 Å². The number of sulfonamides is 1. The van der Waals surface area contributed by atoms with Crippen LogP contribution in [0.5, 0.6) is 5.75 Å². The molecule has 128 valence electrons. The second-order valence-corrected chi connectivity index (χ2v) is 7.98. The third-order valence-electron chi connectivity index (χ3n) is 3.86. The molecule has 0 aliphatic carbocycles. The Morgan fingerprint density at radius 3 is 2.74 bits per heavy atom. The predicted molar refractivity (Wildman–Crippen MR) is 88.7 cm³/mol. The van der Waals surface area contributed by atoms with Gasteiger partial charge in [0.1, 0.15) is 12.4 Å². The molecule has 23 heavy (non-hydrogen) atoms. The quantitative estimate of drug-likeness (QED) is 0.845. The van der Waals surface area contributed by atoms with Crippen LogP contribution in [0.1, 0.15) is 19.8 Å². The second kappa shape index (κ2) is 7.79. The van der Waals surface area contributed by atoms with E-state index in [1.165, 1.54) is 10.6 Å². The minimum absolute atomic E-state index is 0.109. The molecule has 0 unspecified atom stereocenters. The van der Waals surface area contributed by atoms with E-state index < -0.39 is 10.0 Å². The summed E-state index contributed by atoms with van der Waals surface area (Å²) < 4.78 is 30.2. The molecule has 0 bridgehead atoms. The van der Waals surface area contributed by atoms with Crippen molar-refractivity contribution in [3.05, 3.63) is 30.3 Å². The summed E-state index contributed by atoms with van der Waals surface area (Å²) in [5.74, 6) is 0.356. The van der Waals surface area contributed by atoms with Gasteiger partial charge >= 0.3 is 0 Å². The molecule has 6 nitrogen and oxygen atoms in total. The number of hydrogen-bond acceptors (Lipinski definition) is 4. The van der Waals surface area contributed by atoms with Crippen molar-refractivity contribution >= 4 is 15.9 Å². The molecule has 1 aromatic carbocycles. The fraction of sp³-hybridized carbons (Fsp3) is 0.562. The smallest absolute Gasteiger partial charge is 0.224 e. The molecule has 1 aromatic rings. The van der Waals surface area contributed by atoms with Gasteiger partial charge < -0.3 is 10.1 Å². The van der Waals surface area contributed by atoms with Gasteiger partial charge in [0, 0.05) is 13.1 Å². The number of nitrogens with one attached hydrogen (secondary N) is 1. The van der Waals surface area contributed by atoms with E-state index >= 15 is 0 Å². The average molecular weight is 340 g/mol. The van der Waals surface area contributed by atoms with E-state index in [0.717, 1.165) is 5.75 Å². The van der Waals surface area contributed by atoms with E-state index in [1.807, 2.05) is 37.3 Å². The Hall–Kier alpha value is -1.60. The molecule has 7 heteroatoms. The lowest BCUT2D eigenvalue weighted by molar-refractivity contribution is -0.126. The van der Waals surface area contributed by atoms with E-state index in [1.54, 1.807) is 0 Å². The third kappa shape index (κ3) is 5.51. The van der Waals surface area contributed by atoms with Crippen LogP contribution in [0, 0.1) is 5.92 Å². The van der Waals surface area contributed by atoms with Gasteiger partial charge in [0.25, 0.3) is 0 Å². The number of carbonyl (C=O) groups excluding carboxylic acids is 1. The van der Waals surface area contributed by atoms with Crippen molar-refractivity contribution in [3.63, 3.8) is 0 Å². The van der Waals surface area contributed by atoms with E-state index in [-0.39, 0.29) is 24.4 Å². The lowest BCUT2D eigenvalue weighted by atomic mass is 9.98. The molecule has 1 amide bonds. The van der Waals surface area contributed by atoms with Crippen LogP contribution in [0.4, 0.5) is 0 Å². The number of amides is 1. The Balaban J connectivity index is 1.81. The van der Waals surface area contributed by atoms with Crippen LogP contribution in [-0.4, -0.2) is 50.6 Å². The van der Waals surface area contributed by atoms with Gasteiger partial charge in [-0.15, -0.1) is 0 Å². The van der Waals surface area contributed by atoms with E-state index in [9.17, 15) is 13.2 Å². The molecule has 0 aromatic heterocycles. The molecule has 0 radical (unpaired) electrons. The Morgan fingerprint density at radius 1 is 1.39 bits per heavy atom. The van der Waals surface area contributed by atoms with Gasteiger partial charge in [-0.2, -0.15) is 0 Å². The normalized spacial score (nSPS) is 20.7. The largest absolute Gasteiger partial charge is 0.491 e. The Bertz CT molecular complexity index is 618. The number of ether oxygens (including phenoxy) is 1. The molecule has 0 spiro atoms. The fourth-order valence-electron chi connectivity index (χ4n) is 2.60. The zero-order chi connectivity index (χ0) is 16.9. The first kappa shape index (κ1) is 17.7. The number of rotatable bonds is 6. The van der Waals surface area contributed by atoms with Crippen molar-refractivity contribution in [2.45, 2.75) is 25.8 Å². The minimum atomic E-state index is -3.24. The highest BCUT2D eigenvalue weighted by molar-refractivity contribution is 7.88. The van der Waals surface area contributed by atoms with E-state index in [4.69, 9.17) is 4.74 Å². The van der Waals surface area contributed by atoms with Crippen molar-refractivity contribution in [3.8, 4) is 5.75 Å². The van der Waals surface area contributed by atoms with Crippen LogP contribution in [0.15, 0.2) is 30.3 Å². The second-order valence-electron chi connectivity index (χ2n) is 5.99. The van der Waals surface area contributed by atoms with Gasteiger partial charge in [-0.05, 0) is 31.9 Å². The molecule has 1 fully saturated rings. The van der Waals surface area contributed by atoms with Crippen LogP contribution in [0.3, 0.4) is 0 Å². The lowest BCUT2D eigenvalue weighted by Crippen LogP contribution is -2.47. The summed E-state index contributed by atoms with van der Waals surface area (Å²) in [5, 5.41) is 2.91. The molecule has 2 rings (SSSR count). The summed E-state index contributed by atoms with van der Waals surface area (Å²) in [6, 6.07) is 9.27. The molecule has 1 aliphatic rings. The SMILES string of the molecule is C[C@H](COc1ccccc1)NC(=O)[C@H]1CCCN(S(C)(=O)=O)C1. The predicted octanol–water partition coefficient (Wildman–Crippen LogP) is 1.24. The maximum Gasteiger partial charge on any atom is 0.224 e. The number of nitrogens with zero attached hydrogens (tertiary/aromatic N) is 1. The number of carbonyl (C=O) groups is 1. The highest BCUT2D eigenvalue weighted by atomic mass is 32.2. The monoisotopic (exact) mass is 340 g/mol. The number of benzene rings is 1. The van der Waals surface area contributed by atoms with Gasteiger partial charge in [0.15, 0.2) is 0 Å². The van der Waals surface area contributed by atoms with Crippen LogP contribution in [0.25, 0.3) is 0 Å². The van der Waals surface area contributed by atoms with Crippen molar-refractivity contribution in [2.24, 2.45) is 5.92 Å². The van der Waals surface area contributed by atoms with Gasteiger partial charge in [0.2, 0.25) is 15.9 Å². The zero-order valence-electron chi connectivity index (χ0n) is 13.6. The first-order valence-corrected chi connectivity index (χ1v) is 9.64. The van der Waals surface area contributed by atoms with E-state index in [2.05, 4.69) is 5.32 Å². The first-order chi connectivity index (χ1) is 10.9. The summed E-state index contributed by atoms with van der Waals surface area (Å²) in [6.07, 6.45) is 2.60. The molecule has 1 aliphatic heterocycles. The molecule has 1 N–H and O–H groups in total. The average Bonchev–Trinajstić information content (AvgIpc) is 2.53. The van der Waals surface area contributed by atoms with Gasteiger partial charge in [-0.1, -0.05) is 18.2 Å².